The molecule has 3 heteroatoms. The molecule has 0 spiro atoms. The highest BCUT2D eigenvalue weighted by molar-refractivity contribution is 5.00. The van der Waals surface area contributed by atoms with Crippen molar-refractivity contribution in [2.24, 2.45) is 5.92 Å². The number of furan rings is 1. The molecule has 1 fully saturated rings. The zero-order chi connectivity index (χ0) is 13.7. The molecule has 2 heterocycles. The van der Waals surface area contributed by atoms with Gasteiger partial charge < -0.3 is 14.6 Å². The van der Waals surface area contributed by atoms with E-state index in [0.717, 1.165) is 18.1 Å². The molecule has 0 amide bonds. The molecule has 1 aromatic heterocycles. The van der Waals surface area contributed by atoms with Crippen LogP contribution in [-0.2, 0) is 6.42 Å². The maximum Gasteiger partial charge on any atom is 0.105 e. The van der Waals surface area contributed by atoms with Crippen LogP contribution in [0.2, 0.25) is 0 Å². The van der Waals surface area contributed by atoms with Gasteiger partial charge in [0.1, 0.15) is 5.76 Å². The molecule has 0 aliphatic carbocycles. The van der Waals surface area contributed by atoms with Crippen molar-refractivity contribution in [2.75, 3.05) is 19.6 Å². The lowest BCUT2D eigenvalue weighted by atomic mass is 10.0. The van der Waals surface area contributed by atoms with Crippen molar-refractivity contribution in [2.45, 2.75) is 52.1 Å². The standard InChI is InChI=1S/C16H28N2O/c1-13(2)12-18-8-6-15(7-9-18)17-14(3)11-16-5-4-10-19-16/h4-5,10,13-15,17H,6-9,11-12H2,1-3H3. The summed E-state index contributed by atoms with van der Waals surface area (Å²) in [5.41, 5.74) is 0. The van der Waals surface area contributed by atoms with Gasteiger partial charge in [0.2, 0.25) is 0 Å². The second-order valence-electron chi connectivity index (χ2n) is 6.32. The molecule has 0 saturated carbocycles. The summed E-state index contributed by atoms with van der Waals surface area (Å²) in [6.07, 6.45) is 5.29. The van der Waals surface area contributed by atoms with E-state index in [2.05, 4.69) is 37.1 Å². The normalized spacial score (nSPS) is 20.0. The van der Waals surface area contributed by atoms with Gasteiger partial charge in [-0.2, -0.15) is 0 Å². The summed E-state index contributed by atoms with van der Waals surface area (Å²) < 4.78 is 5.41. The Labute approximate surface area is 117 Å². The highest BCUT2D eigenvalue weighted by Crippen LogP contribution is 2.13. The van der Waals surface area contributed by atoms with Gasteiger partial charge in [0.05, 0.1) is 6.26 Å². The maximum absolute atomic E-state index is 5.41. The summed E-state index contributed by atoms with van der Waals surface area (Å²) in [4.78, 5) is 2.60. The van der Waals surface area contributed by atoms with Gasteiger partial charge in [-0.1, -0.05) is 13.8 Å². The molecule has 1 atom stereocenters. The first-order valence-electron chi connectivity index (χ1n) is 7.64. The van der Waals surface area contributed by atoms with E-state index in [1.54, 1.807) is 6.26 Å². The minimum Gasteiger partial charge on any atom is -0.469 e. The molecule has 1 aliphatic heterocycles. The second kappa shape index (κ2) is 7.11. The third-order valence-electron chi connectivity index (χ3n) is 3.82. The SMILES string of the molecule is CC(C)CN1CCC(NC(C)Cc2ccco2)CC1. The number of hydrogen-bond acceptors (Lipinski definition) is 3. The molecule has 0 bridgehead atoms. The molecule has 19 heavy (non-hydrogen) atoms. The van der Waals surface area contributed by atoms with Crippen molar-refractivity contribution < 1.29 is 4.42 Å². The van der Waals surface area contributed by atoms with Crippen LogP contribution in [0, 0.1) is 5.92 Å². The highest BCUT2D eigenvalue weighted by atomic mass is 16.3. The van der Waals surface area contributed by atoms with Crippen molar-refractivity contribution in [3.8, 4) is 0 Å². The Hall–Kier alpha value is -0.800. The van der Waals surface area contributed by atoms with Crippen molar-refractivity contribution >= 4 is 0 Å². The average Bonchev–Trinajstić information content (AvgIpc) is 2.83. The molecule has 1 aromatic rings. The third kappa shape index (κ3) is 5.00. The maximum atomic E-state index is 5.41. The quantitative estimate of drug-likeness (QED) is 0.856. The number of likely N-dealkylation sites (tertiary alicyclic amines) is 1. The Kier molecular flexibility index (Phi) is 5.46. The number of nitrogens with one attached hydrogen (secondary N) is 1. The molecule has 108 valence electrons. The monoisotopic (exact) mass is 264 g/mol. The van der Waals surface area contributed by atoms with Crippen LogP contribution >= 0.6 is 0 Å². The van der Waals surface area contributed by atoms with Gasteiger partial charge in [-0.15, -0.1) is 0 Å². The first-order valence-corrected chi connectivity index (χ1v) is 7.64. The number of rotatable bonds is 6. The zero-order valence-corrected chi connectivity index (χ0v) is 12.6. The van der Waals surface area contributed by atoms with E-state index in [0.29, 0.717) is 12.1 Å². The van der Waals surface area contributed by atoms with E-state index in [1.165, 1.54) is 32.5 Å². The summed E-state index contributed by atoms with van der Waals surface area (Å²) in [6.45, 7) is 10.6. The molecule has 1 aliphatic rings. The average molecular weight is 264 g/mol. The van der Waals surface area contributed by atoms with Crippen LogP contribution in [0.5, 0.6) is 0 Å². The lowest BCUT2D eigenvalue weighted by molar-refractivity contribution is 0.175. The van der Waals surface area contributed by atoms with Crippen LogP contribution in [0.4, 0.5) is 0 Å². The third-order valence-corrected chi connectivity index (χ3v) is 3.82. The largest absolute Gasteiger partial charge is 0.469 e. The highest BCUT2D eigenvalue weighted by Gasteiger charge is 2.20. The Morgan fingerprint density at radius 2 is 2.05 bits per heavy atom. The van der Waals surface area contributed by atoms with Gasteiger partial charge in [-0.05, 0) is 50.9 Å². The lowest BCUT2D eigenvalue weighted by Crippen LogP contribution is -2.46. The van der Waals surface area contributed by atoms with Gasteiger partial charge in [0.15, 0.2) is 0 Å². The number of nitrogens with zero attached hydrogens (tertiary/aromatic N) is 1. The van der Waals surface area contributed by atoms with Gasteiger partial charge in [0.25, 0.3) is 0 Å². The van der Waals surface area contributed by atoms with Crippen molar-refractivity contribution in [3.05, 3.63) is 24.2 Å². The summed E-state index contributed by atoms with van der Waals surface area (Å²) in [5.74, 6) is 1.86. The molecule has 1 saturated heterocycles. The van der Waals surface area contributed by atoms with Gasteiger partial charge in [-0.25, -0.2) is 0 Å². The van der Waals surface area contributed by atoms with E-state index in [9.17, 15) is 0 Å². The Bertz CT molecular complexity index is 340. The first-order chi connectivity index (χ1) is 9.13. The Morgan fingerprint density at radius 1 is 1.32 bits per heavy atom. The predicted octanol–water partition coefficient (Wildman–Crippen LogP) is 2.92. The fourth-order valence-corrected chi connectivity index (χ4v) is 2.99. The van der Waals surface area contributed by atoms with Crippen LogP contribution in [0.25, 0.3) is 0 Å². The molecule has 1 unspecified atom stereocenters. The van der Waals surface area contributed by atoms with Crippen molar-refractivity contribution in [1.82, 2.24) is 10.2 Å². The fraction of sp³-hybridized carbons (Fsp3) is 0.750. The van der Waals surface area contributed by atoms with Crippen LogP contribution < -0.4 is 5.32 Å². The van der Waals surface area contributed by atoms with Gasteiger partial charge in [-0.3, -0.25) is 0 Å². The molecular formula is C16H28N2O. The number of piperidine rings is 1. The zero-order valence-electron chi connectivity index (χ0n) is 12.6. The van der Waals surface area contributed by atoms with Gasteiger partial charge in [0, 0.05) is 25.0 Å². The van der Waals surface area contributed by atoms with E-state index in [4.69, 9.17) is 4.42 Å². The molecule has 1 N–H and O–H groups in total. The fourth-order valence-electron chi connectivity index (χ4n) is 2.99. The summed E-state index contributed by atoms with van der Waals surface area (Å²) in [6, 6.07) is 5.19. The predicted molar refractivity (Wildman–Crippen MR) is 79.3 cm³/mol. The van der Waals surface area contributed by atoms with Crippen molar-refractivity contribution in [1.29, 1.82) is 0 Å². The van der Waals surface area contributed by atoms with Crippen molar-refractivity contribution in [3.63, 3.8) is 0 Å². The molecule has 2 rings (SSSR count). The summed E-state index contributed by atoms with van der Waals surface area (Å²) in [5, 5.41) is 3.74. The van der Waals surface area contributed by atoms with Crippen LogP contribution in [0.15, 0.2) is 22.8 Å². The Morgan fingerprint density at radius 3 is 2.63 bits per heavy atom. The summed E-state index contributed by atoms with van der Waals surface area (Å²) in [7, 11) is 0. The van der Waals surface area contributed by atoms with Crippen LogP contribution in [-0.4, -0.2) is 36.6 Å². The van der Waals surface area contributed by atoms with Crippen LogP contribution in [0.1, 0.15) is 39.4 Å². The molecule has 0 aromatic carbocycles. The second-order valence-corrected chi connectivity index (χ2v) is 6.32. The molecule has 3 nitrogen and oxygen atoms in total. The first kappa shape index (κ1) is 14.6. The van der Waals surface area contributed by atoms with E-state index >= 15 is 0 Å². The molecule has 0 radical (unpaired) electrons. The Balaban J connectivity index is 1.67. The van der Waals surface area contributed by atoms with Gasteiger partial charge >= 0.3 is 0 Å². The minimum atomic E-state index is 0.493. The topological polar surface area (TPSA) is 28.4 Å². The minimum absolute atomic E-state index is 0.493. The molecular weight excluding hydrogens is 236 g/mol. The summed E-state index contributed by atoms with van der Waals surface area (Å²) >= 11 is 0. The van der Waals surface area contributed by atoms with E-state index < -0.39 is 0 Å². The smallest absolute Gasteiger partial charge is 0.105 e. The van der Waals surface area contributed by atoms with Crippen LogP contribution in [0.3, 0.4) is 0 Å². The van der Waals surface area contributed by atoms with E-state index in [-0.39, 0.29) is 0 Å². The lowest BCUT2D eigenvalue weighted by Gasteiger charge is -2.34. The number of hydrogen-bond donors (Lipinski definition) is 1. The van der Waals surface area contributed by atoms with E-state index in [1.807, 2.05) is 6.07 Å².